The predicted molar refractivity (Wildman–Crippen MR) is 147 cm³/mol. The number of benzene rings is 3. The fourth-order valence-electron chi connectivity index (χ4n) is 3.89. The van der Waals surface area contributed by atoms with E-state index in [1.807, 2.05) is 0 Å². The molecule has 40 heavy (non-hydrogen) atoms. The average molecular weight is 565 g/mol. The zero-order valence-corrected chi connectivity index (χ0v) is 22.4. The molecule has 3 aromatic rings. The van der Waals surface area contributed by atoms with E-state index in [-0.39, 0.29) is 22.8 Å². The van der Waals surface area contributed by atoms with Crippen LogP contribution in [0.15, 0.2) is 91.0 Å². The van der Waals surface area contributed by atoms with Crippen LogP contribution in [0.5, 0.6) is 0 Å². The van der Waals surface area contributed by atoms with Gasteiger partial charge < -0.3 is 24.3 Å². The number of esters is 3. The van der Waals surface area contributed by atoms with Gasteiger partial charge in [0.25, 0.3) is 0 Å². The molecule has 0 unspecified atom stereocenters. The van der Waals surface area contributed by atoms with Gasteiger partial charge in [-0.15, -0.1) is 0 Å². The van der Waals surface area contributed by atoms with Gasteiger partial charge in [0.1, 0.15) is 12.7 Å². The fourth-order valence-corrected chi connectivity index (χ4v) is 4.07. The quantitative estimate of drug-likeness (QED) is 0.163. The Balaban J connectivity index is 1.59. The first-order chi connectivity index (χ1) is 19.5. The van der Waals surface area contributed by atoms with E-state index in [4.69, 9.17) is 36.0 Å². The molecule has 1 aliphatic rings. The van der Waals surface area contributed by atoms with Gasteiger partial charge in [-0.05, 0) is 55.5 Å². The molecule has 1 saturated heterocycles. The Kier molecular flexibility index (Phi) is 10.2. The van der Waals surface area contributed by atoms with E-state index in [0.29, 0.717) is 12.2 Å². The van der Waals surface area contributed by atoms with Crippen molar-refractivity contribution in [1.82, 2.24) is 10.8 Å². The van der Waals surface area contributed by atoms with Crippen LogP contribution in [0.25, 0.3) is 0 Å². The minimum atomic E-state index is -1.18. The minimum absolute atomic E-state index is 0.0441. The van der Waals surface area contributed by atoms with E-state index < -0.39 is 42.4 Å². The summed E-state index contributed by atoms with van der Waals surface area (Å²) in [5, 5.41) is 2.92. The second-order valence-corrected chi connectivity index (χ2v) is 8.95. The maximum Gasteiger partial charge on any atom is 0.338 e. The van der Waals surface area contributed by atoms with Crippen molar-refractivity contribution in [2.45, 2.75) is 31.5 Å². The summed E-state index contributed by atoms with van der Waals surface area (Å²) in [5.41, 5.74) is 3.43. The van der Waals surface area contributed by atoms with Crippen LogP contribution in [0.3, 0.4) is 0 Å². The van der Waals surface area contributed by atoms with Gasteiger partial charge in [0, 0.05) is 0 Å². The van der Waals surface area contributed by atoms with Crippen LogP contribution in [-0.4, -0.2) is 60.8 Å². The smallest absolute Gasteiger partial charge is 0.338 e. The second-order valence-electron chi connectivity index (χ2n) is 8.54. The number of rotatable bonds is 10. The van der Waals surface area contributed by atoms with Gasteiger partial charge in [0.2, 0.25) is 0 Å². The van der Waals surface area contributed by atoms with Crippen molar-refractivity contribution in [1.29, 1.82) is 0 Å². The number of nitrogens with one attached hydrogen (secondary N) is 2. The Bertz CT molecular complexity index is 1290. The Morgan fingerprint density at radius 2 is 1.23 bits per heavy atom. The molecule has 4 rings (SSSR count). The summed E-state index contributed by atoms with van der Waals surface area (Å²) in [6, 6.07) is 25.0. The molecular formula is C29H28N2O8S. The highest BCUT2D eigenvalue weighted by molar-refractivity contribution is 7.80. The van der Waals surface area contributed by atoms with Crippen molar-refractivity contribution in [2.75, 3.05) is 13.2 Å². The lowest BCUT2D eigenvalue weighted by molar-refractivity contribution is -0.0458. The molecule has 11 heteroatoms. The molecule has 0 saturated carbocycles. The summed E-state index contributed by atoms with van der Waals surface area (Å²) in [6.07, 6.45) is -4.44. The Morgan fingerprint density at radius 3 is 1.73 bits per heavy atom. The lowest BCUT2D eigenvalue weighted by Gasteiger charge is -2.25. The second kappa shape index (κ2) is 14.2. The monoisotopic (exact) mass is 564 g/mol. The third-order valence-electron chi connectivity index (χ3n) is 5.79. The van der Waals surface area contributed by atoms with Gasteiger partial charge in [-0.3, -0.25) is 4.84 Å². The van der Waals surface area contributed by atoms with E-state index in [2.05, 4.69) is 10.8 Å². The number of carbonyl (C=O) groups is 3. The van der Waals surface area contributed by atoms with Gasteiger partial charge in [0.15, 0.2) is 23.5 Å². The van der Waals surface area contributed by atoms with Crippen LogP contribution in [0.2, 0.25) is 0 Å². The standard InChI is InChI=1S/C29H28N2O8S/c1-2-36-31-29(40)30-25-24(39-28(34)21-16-10-5-11-17-21)23(38-27(33)20-14-8-4-9-15-20)22(37-25)18-35-26(32)19-12-6-3-7-13-19/h3-17,22-25H,2,18H2,1H3,(H2,30,31,40)/t22-,23-,24-,25-/m1/s1. The Labute approximate surface area is 236 Å². The normalized spacial score (nSPS) is 19.7. The molecule has 208 valence electrons. The van der Waals surface area contributed by atoms with E-state index in [0.717, 1.165) is 0 Å². The van der Waals surface area contributed by atoms with E-state index in [1.165, 1.54) is 0 Å². The van der Waals surface area contributed by atoms with Gasteiger partial charge >= 0.3 is 17.9 Å². The molecule has 0 radical (unpaired) electrons. The number of thiocarbonyl (C=S) groups is 1. The highest BCUT2D eigenvalue weighted by Gasteiger charge is 2.51. The van der Waals surface area contributed by atoms with Crippen molar-refractivity contribution in [3.8, 4) is 0 Å². The maximum absolute atomic E-state index is 13.1. The molecule has 0 amide bonds. The highest BCUT2D eigenvalue weighted by Crippen LogP contribution is 2.28. The summed E-state index contributed by atoms with van der Waals surface area (Å²) in [5.74, 6) is -1.95. The van der Waals surface area contributed by atoms with Crippen molar-refractivity contribution in [2.24, 2.45) is 0 Å². The first-order valence-electron chi connectivity index (χ1n) is 12.5. The molecule has 3 aromatic carbocycles. The first-order valence-corrected chi connectivity index (χ1v) is 12.9. The van der Waals surface area contributed by atoms with E-state index in [1.54, 1.807) is 97.9 Å². The summed E-state index contributed by atoms with van der Waals surface area (Å²) < 4.78 is 23.2. The number of ether oxygens (including phenoxy) is 4. The predicted octanol–water partition coefficient (Wildman–Crippen LogP) is 3.44. The third kappa shape index (κ3) is 7.63. The molecule has 1 aliphatic heterocycles. The molecule has 1 fully saturated rings. The number of hydroxylamine groups is 1. The Hall–Kier alpha value is -4.32. The molecular weight excluding hydrogens is 536 g/mol. The lowest BCUT2D eigenvalue weighted by atomic mass is 10.1. The van der Waals surface area contributed by atoms with Gasteiger partial charge in [-0.25, -0.2) is 19.9 Å². The molecule has 2 N–H and O–H groups in total. The topological polar surface area (TPSA) is 121 Å². The molecule has 0 aliphatic carbocycles. The van der Waals surface area contributed by atoms with Crippen molar-refractivity contribution < 1.29 is 38.2 Å². The van der Waals surface area contributed by atoms with Crippen LogP contribution >= 0.6 is 12.2 Å². The number of carbonyl (C=O) groups excluding carboxylic acids is 3. The van der Waals surface area contributed by atoms with Crippen LogP contribution in [0, 0.1) is 0 Å². The zero-order valence-electron chi connectivity index (χ0n) is 21.6. The van der Waals surface area contributed by atoms with Crippen LogP contribution in [0.4, 0.5) is 0 Å². The summed E-state index contributed by atoms with van der Waals surface area (Å²) in [7, 11) is 0. The van der Waals surface area contributed by atoms with Crippen LogP contribution in [-0.2, 0) is 23.8 Å². The van der Waals surface area contributed by atoms with Crippen molar-refractivity contribution >= 4 is 35.2 Å². The van der Waals surface area contributed by atoms with E-state index >= 15 is 0 Å². The fraction of sp³-hybridized carbons (Fsp3) is 0.241. The number of hydrogen-bond donors (Lipinski definition) is 2. The maximum atomic E-state index is 13.1. The lowest BCUT2D eigenvalue weighted by Crippen LogP contribution is -2.50. The van der Waals surface area contributed by atoms with Crippen LogP contribution in [0.1, 0.15) is 38.0 Å². The molecule has 4 atom stereocenters. The minimum Gasteiger partial charge on any atom is -0.459 e. The first kappa shape index (κ1) is 28.7. The molecule has 0 aromatic heterocycles. The molecule has 10 nitrogen and oxygen atoms in total. The molecule has 0 bridgehead atoms. The molecule has 0 spiro atoms. The SMILES string of the molecule is CCONC(=S)N[C@@H]1O[C@H](COC(=O)c2ccccc2)[C@@H](OC(=O)c2ccccc2)[C@H]1OC(=O)c1ccccc1. The summed E-state index contributed by atoms with van der Waals surface area (Å²) in [6.45, 7) is 1.79. The van der Waals surface area contributed by atoms with Crippen molar-refractivity contribution in [3.05, 3.63) is 108 Å². The van der Waals surface area contributed by atoms with Crippen LogP contribution < -0.4 is 10.8 Å². The summed E-state index contributed by atoms with van der Waals surface area (Å²) in [4.78, 5) is 43.9. The summed E-state index contributed by atoms with van der Waals surface area (Å²) >= 11 is 5.27. The largest absolute Gasteiger partial charge is 0.459 e. The number of hydrogen-bond acceptors (Lipinski definition) is 9. The zero-order chi connectivity index (χ0) is 28.3. The van der Waals surface area contributed by atoms with Gasteiger partial charge in [-0.2, -0.15) is 0 Å². The van der Waals surface area contributed by atoms with Gasteiger partial charge in [0.05, 0.1) is 23.3 Å². The molecule has 1 heterocycles. The average Bonchev–Trinajstić information content (AvgIpc) is 3.30. The third-order valence-corrected chi connectivity index (χ3v) is 5.99. The van der Waals surface area contributed by atoms with E-state index in [9.17, 15) is 14.4 Å². The Morgan fingerprint density at radius 1 is 0.750 bits per heavy atom. The highest BCUT2D eigenvalue weighted by atomic mass is 32.1. The van der Waals surface area contributed by atoms with Gasteiger partial charge in [-0.1, -0.05) is 54.6 Å². The van der Waals surface area contributed by atoms with Crippen molar-refractivity contribution in [3.63, 3.8) is 0 Å².